The maximum absolute atomic E-state index is 5.42. The van der Waals surface area contributed by atoms with E-state index in [1.54, 1.807) is 0 Å². The average molecular weight is 131 g/mol. The van der Waals surface area contributed by atoms with Crippen LogP contribution in [0.15, 0.2) is 0 Å². The first-order valence-electron chi connectivity index (χ1n) is 2.57. The molecule has 0 spiro atoms. The zero-order valence-electron chi connectivity index (χ0n) is 4.48. The van der Waals surface area contributed by atoms with E-state index in [-0.39, 0.29) is 6.29 Å². The molecule has 1 heterocycles. The highest BCUT2D eigenvalue weighted by molar-refractivity contribution is 7.80. The highest BCUT2D eigenvalue weighted by Crippen LogP contribution is 1.86. The summed E-state index contributed by atoms with van der Waals surface area (Å²) in [6.45, 7) is 0.896. The van der Waals surface area contributed by atoms with Crippen LogP contribution < -0.4 is 16.4 Å². The summed E-state index contributed by atoms with van der Waals surface area (Å²) in [5, 5.41) is 5.87. The molecule has 1 aliphatic rings. The van der Waals surface area contributed by atoms with Crippen LogP contribution in [-0.4, -0.2) is 17.8 Å². The first-order valence-corrected chi connectivity index (χ1v) is 2.98. The number of nitrogens with one attached hydrogen (secondary N) is 2. The SMILES string of the molecule is NC1NCCC(=S)N1. The zero-order valence-corrected chi connectivity index (χ0v) is 5.29. The Labute approximate surface area is 53.6 Å². The highest BCUT2D eigenvalue weighted by atomic mass is 32.1. The third-order valence-electron chi connectivity index (χ3n) is 1.03. The molecule has 0 aliphatic carbocycles. The average Bonchev–Trinajstić information content (AvgIpc) is 1.64. The summed E-state index contributed by atoms with van der Waals surface area (Å²) in [6.07, 6.45) is 0.777. The fraction of sp³-hybridized carbons (Fsp3) is 0.750. The molecule has 1 rings (SSSR count). The van der Waals surface area contributed by atoms with Crippen LogP contribution in [-0.2, 0) is 0 Å². The lowest BCUT2D eigenvalue weighted by Gasteiger charge is -2.22. The fourth-order valence-corrected chi connectivity index (χ4v) is 0.867. The lowest BCUT2D eigenvalue weighted by Crippen LogP contribution is -2.56. The summed E-state index contributed by atoms with van der Waals surface area (Å²) in [4.78, 5) is 0.858. The summed E-state index contributed by atoms with van der Waals surface area (Å²) in [6, 6.07) is 0. The predicted octanol–water partition coefficient (Wildman–Crippen LogP) is -0.861. The van der Waals surface area contributed by atoms with Crippen LogP contribution in [0.5, 0.6) is 0 Å². The van der Waals surface area contributed by atoms with Gasteiger partial charge in [0.2, 0.25) is 0 Å². The minimum atomic E-state index is -0.128. The molecule has 4 N–H and O–H groups in total. The molecule has 8 heavy (non-hydrogen) atoms. The van der Waals surface area contributed by atoms with Gasteiger partial charge in [0.25, 0.3) is 0 Å². The lowest BCUT2D eigenvalue weighted by atomic mass is 10.3. The van der Waals surface area contributed by atoms with Crippen molar-refractivity contribution >= 4 is 17.2 Å². The van der Waals surface area contributed by atoms with Gasteiger partial charge in [-0.2, -0.15) is 0 Å². The van der Waals surface area contributed by atoms with E-state index in [1.807, 2.05) is 0 Å². The molecule has 1 fully saturated rings. The van der Waals surface area contributed by atoms with Gasteiger partial charge in [0.1, 0.15) is 6.29 Å². The summed E-state index contributed by atoms with van der Waals surface area (Å²) < 4.78 is 0. The monoisotopic (exact) mass is 131 g/mol. The van der Waals surface area contributed by atoms with Crippen LogP contribution in [0.4, 0.5) is 0 Å². The smallest absolute Gasteiger partial charge is 0.130 e. The molecular weight excluding hydrogens is 122 g/mol. The Hall–Kier alpha value is -0.190. The van der Waals surface area contributed by atoms with E-state index in [1.165, 1.54) is 0 Å². The van der Waals surface area contributed by atoms with Gasteiger partial charge >= 0.3 is 0 Å². The summed E-state index contributed by atoms with van der Waals surface area (Å²) >= 11 is 4.85. The van der Waals surface area contributed by atoms with Crippen molar-refractivity contribution in [2.24, 2.45) is 5.73 Å². The Kier molecular flexibility index (Phi) is 1.77. The molecule has 0 aromatic carbocycles. The molecular formula is C4H9N3S. The van der Waals surface area contributed by atoms with Crippen molar-refractivity contribution in [1.82, 2.24) is 10.6 Å². The van der Waals surface area contributed by atoms with Crippen molar-refractivity contribution in [1.29, 1.82) is 0 Å². The summed E-state index contributed by atoms with van der Waals surface area (Å²) in [5.41, 5.74) is 5.42. The zero-order chi connectivity index (χ0) is 5.98. The molecule has 0 amide bonds. The second-order valence-electron chi connectivity index (χ2n) is 1.75. The molecule has 1 saturated heterocycles. The fourth-order valence-electron chi connectivity index (χ4n) is 0.638. The Morgan fingerprint density at radius 2 is 2.50 bits per heavy atom. The van der Waals surface area contributed by atoms with Gasteiger partial charge in [-0.1, -0.05) is 12.2 Å². The molecule has 1 unspecified atom stereocenters. The summed E-state index contributed by atoms with van der Waals surface area (Å²) in [7, 11) is 0. The quantitative estimate of drug-likeness (QED) is 0.374. The Morgan fingerprint density at radius 1 is 1.75 bits per heavy atom. The molecule has 0 radical (unpaired) electrons. The number of rotatable bonds is 0. The molecule has 3 nitrogen and oxygen atoms in total. The third kappa shape index (κ3) is 1.40. The van der Waals surface area contributed by atoms with Gasteiger partial charge in [-0.15, -0.1) is 0 Å². The van der Waals surface area contributed by atoms with Crippen molar-refractivity contribution in [3.63, 3.8) is 0 Å². The second kappa shape index (κ2) is 2.39. The van der Waals surface area contributed by atoms with Crippen molar-refractivity contribution in [3.05, 3.63) is 0 Å². The van der Waals surface area contributed by atoms with Crippen molar-refractivity contribution in [2.45, 2.75) is 12.7 Å². The Morgan fingerprint density at radius 3 is 2.88 bits per heavy atom. The molecule has 1 atom stereocenters. The summed E-state index contributed by atoms with van der Waals surface area (Å²) in [5.74, 6) is 0. The molecule has 0 aromatic rings. The molecule has 0 saturated carbocycles. The largest absolute Gasteiger partial charge is 0.352 e. The van der Waals surface area contributed by atoms with E-state index in [2.05, 4.69) is 10.6 Å². The molecule has 46 valence electrons. The number of thiocarbonyl (C=S) groups is 1. The minimum absolute atomic E-state index is 0.128. The highest BCUT2D eigenvalue weighted by Gasteiger charge is 2.08. The number of hydrogen-bond donors (Lipinski definition) is 3. The maximum Gasteiger partial charge on any atom is 0.130 e. The van der Waals surface area contributed by atoms with E-state index < -0.39 is 0 Å². The van der Waals surface area contributed by atoms with Crippen LogP contribution in [0, 0.1) is 0 Å². The van der Waals surface area contributed by atoms with Gasteiger partial charge in [-0.25, -0.2) is 0 Å². The third-order valence-corrected chi connectivity index (χ3v) is 1.35. The molecule has 1 aliphatic heterocycles. The molecule has 0 aromatic heterocycles. The van der Waals surface area contributed by atoms with Crippen molar-refractivity contribution < 1.29 is 0 Å². The van der Waals surface area contributed by atoms with E-state index in [4.69, 9.17) is 18.0 Å². The number of nitrogens with two attached hydrogens (primary N) is 1. The number of hydrogen-bond acceptors (Lipinski definition) is 3. The maximum atomic E-state index is 5.42. The van der Waals surface area contributed by atoms with E-state index >= 15 is 0 Å². The molecule has 0 bridgehead atoms. The standard InChI is InChI=1S/C4H9N3S/c5-4-6-2-1-3(8)7-4/h4,6H,1-2,5H2,(H,7,8). The normalized spacial score (nSPS) is 29.6. The van der Waals surface area contributed by atoms with Crippen LogP contribution in [0.3, 0.4) is 0 Å². The first-order chi connectivity index (χ1) is 3.79. The van der Waals surface area contributed by atoms with Gasteiger partial charge in [-0.05, 0) is 0 Å². The van der Waals surface area contributed by atoms with Crippen molar-refractivity contribution in [2.75, 3.05) is 6.54 Å². The Bertz CT molecular complexity index is 103. The van der Waals surface area contributed by atoms with Gasteiger partial charge in [0.05, 0.1) is 4.99 Å². The topological polar surface area (TPSA) is 50.1 Å². The van der Waals surface area contributed by atoms with Gasteiger partial charge in [0.15, 0.2) is 0 Å². The van der Waals surface area contributed by atoms with Crippen LogP contribution >= 0.6 is 12.2 Å². The predicted molar refractivity (Wildman–Crippen MR) is 36.3 cm³/mol. The Balaban J connectivity index is 2.34. The molecule has 4 heteroatoms. The van der Waals surface area contributed by atoms with Crippen LogP contribution in [0.1, 0.15) is 6.42 Å². The van der Waals surface area contributed by atoms with E-state index in [0.717, 1.165) is 18.0 Å². The van der Waals surface area contributed by atoms with Crippen LogP contribution in [0.2, 0.25) is 0 Å². The second-order valence-corrected chi connectivity index (χ2v) is 2.24. The first kappa shape index (κ1) is 5.94. The van der Waals surface area contributed by atoms with Gasteiger partial charge < -0.3 is 5.32 Å². The van der Waals surface area contributed by atoms with Crippen molar-refractivity contribution in [3.8, 4) is 0 Å². The van der Waals surface area contributed by atoms with Gasteiger partial charge in [0, 0.05) is 13.0 Å². The van der Waals surface area contributed by atoms with Gasteiger partial charge in [-0.3, -0.25) is 11.1 Å². The van der Waals surface area contributed by atoms with Crippen LogP contribution in [0.25, 0.3) is 0 Å². The van der Waals surface area contributed by atoms with E-state index in [9.17, 15) is 0 Å². The minimum Gasteiger partial charge on any atom is -0.352 e. The lowest BCUT2D eigenvalue weighted by molar-refractivity contribution is 0.479. The van der Waals surface area contributed by atoms with E-state index in [0.29, 0.717) is 0 Å².